The molecule has 0 saturated carbocycles. The molecule has 0 aliphatic carbocycles. The van der Waals surface area contributed by atoms with E-state index >= 15 is 0 Å². The smallest absolute Gasteiger partial charge is 0.463 e. The van der Waals surface area contributed by atoms with Crippen LogP contribution in [0.15, 0.2) is 91.2 Å². The SMILES string of the molecule is CC(=O)OCc1cc([S+]2c3ccccc3Sc3ccccc32)ccc1O[C@@H]1O[C@H](COC(C)=O)[C@@H](OC(C)=O)[C@H](OC(C)=O)[C@H]1OC(C)=O.F[B-](F)(F)F. The van der Waals surface area contributed by atoms with Crippen molar-refractivity contribution in [3.05, 3.63) is 72.3 Å². The van der Waals surface area contributed by atoms with E-state index in [1.165, 1.54) is 13.8 Å². The topological polar surface area (TPSA) is 150 Å². The molecule has 2 aliphatic rings. The van der Waals surface area contributed by atoms with Crippen LogP contribution >= 0.6 is 11.8 Å². The van der Waals surface area contributed by atoms with Crippen LogP contribution in [-0.2, 0) is 69.9 Å². The lowest BCUT2D eigenvalue weighted by atomic mass is 9.98. The van der Waals surface area contributed by atoms with Gasteiger partial charge in [0.05, 0.1) is 9.79 Å². The number of hydrogen-bond acceptors (Lipinski definition) is 13. The number of ether oxygens (including phenoxy) is 7. The highest BCUT2D eigenvalue weighted by Crippen LogP contribution is 2.48. The van der Waals surface area contributed by atoms with E-state index in [1.807, 2.05) is 36.4 Å². The molecule has 0 aromatic heterocycles. The summed E-state index contributed by atoms with van der Waals surface area (Å²) < 4.78 is 78.6. The first-order valence-electron chi connectivity index (χ1n) is 16.1. The molecule has 1 saturated heterocycles. The van der Waals surface area contributed by atoms with E-state index in [1.54, 1.807) is 17.8 Å². The molecule has 3 aromatic rings. The average molecular weight is 799 g/mol. The summed E-state index contributed by atoms with van der Waals surface area (Å²) in [7, 11) is -6.52. The molecule has 0 amide bonds. The van der Waals surface area contributed by atoms with Crippen LogP contribution in [0.5, 0.6) is 5.75 Å². The van der Waals surface area contributed by atoms with Gasteiger partial charge in [0.15, 0.2) is 26.9 Å². The highest BCUT2D eigenvalue weighted by atomic mass is 32.2. The maximum atomic E-state index is 12.3. The Kier molecular flexibility index (Phi) is 14.4. The molecular formula is C35H35BF4O12S2. The largest absolute Gasteiger partial charge is 0.673 e. The first-order valence-corrected chi connectivity index (χ1v) is 18.2. The monoisotopic (exact) mass is 798 g/mol. The molecule has 54 heavy (non-hydrogen) atoms. The van der Waals surface area contributed by atoms with Gasteiger partial charge in [0.2, 0.25) is 12.4 Å². The number of rotatable bonds is 10. The van der Waals surface area contributed by atoms with Crippen molar-refractivity contribution in [2.75, 3.05) is 6.61 Å². The fourth-order valence-corrected chi connectivity index (χ4v) is 9.19. The van der Waals surface area contributed by atoms with Crippen LogP contribution in [0.1, 0.15) is 40.2 Å². The van der Waals surface area contributed by atoms with Crippen LogP contribution in [0.25, 0.3) is 0 Å². The molecule has 0 spiro atoms. The van der Waals surface area contributed by atoms with Crippen molar-refractivity contribution < 1.29 is 74.4 Å². The zero-order valence-electron chi connectivity index (χ0n) is 29.5. The van der Waals surface area contributed by atoms with E-state index in [4.69, 9.17) is 33.2 Å². The molecule has 1 fully saturated rings. The Morgan fingerprint density at radius 1 is 0.685 bits per heavy atom. The highest BCUT2D eigenvalue weighted by Gasteiger charge is 2.53. The van der Waals surface area contributed by atoms with Gasteiger partial charge in [-0.05, 0) is 36.4 Å². The molecule has 19 heteroatoms. The first kappa shape index (κ1) is 42.0. The number of carbonyl (C=O) groups excluding carboxylic acids is 5. The summed E-state index contributed by atoms with van der Waals surface area (Å²) in [5, 5.41) is 0. The van der Waals surface area contributed by atoms with Crippen LogP contribution in [0, 0.1) is 0 Å². The van der Waals surface area contributed by atoms with E-state index in [0.717, 1.165) is 45.2 Å². The summed E-state index contributed by atoms with van der Waals surface area (Å²) in [5.41, 5.74) is 0.473. The molecule has 5 atom stereocenters. The van der Waals surface area contributed by atoms with Crippen LogP contribution in [0.3, 0.4) is 0 Å². The fourth-order valence-electron chi connectivity index (χ4n) is 5.40. The molecule has 2 aliphatic heterocycles. The van der Waals surface area contributed by atoms with Gasteiger partial charge in [-0.2, -0.15) is 0 Å². The lowest BCUT2D eigenvalue weighted by molar-refractivity contribution is -0.288. The second-order valence-corrected chi connectivity index (χ2v) is 14.6. The van der Waals surface area contributed by atoms with Gasteiger partial charge >= 0.3 is 37.1 Å². The summed E-state index contributed by atoms with van der Waals surface area (Å²) in [6.07, 6.45) is -6.83. The number of halogens is 4. The van der Waals surface area contributed by atoms with E-state index in [9.17, 15) is 41.2 Å². The standard InChI is InChI=1S/C35H35O12S2.BF4/c1-19(36)41-17-24-16-25(49-30-12-8-6-10-28(30)48-29-11-7-9-13-31(29)49)14-15-26(24)46-35-34(45-23(5)40)33(44-22(4)39)32(43-21(3)38)27(47-35)18-42-20(2)37;2-1(3,4)5/h6-16,27,32-35H,17-18H2,1-5H3;/q+1;-1/t27-,32-,33+,34-,35-;/m1./s1. The summed E-state index contributed by atoms with van der Waals surface area (Å²) >= 11 is 1.70. The number of carbonyl (C=O) groups is 5. The third-order valence-corrected chi connectivity index (χ3v) is 11.0. The van der Waals surface area contributed by atoms with Gasteiger partial charge in [0.25, 0.3) is 0 Å². The third-order valence-electron chi connectivity index (χ3n) is 7.25. The quantitative estimate of drug-likeness (QED) is 0.0601. The Labute approximate surface area is 314 Å². The Morgan fingerprint density at radius 2 is 1.19 bits per heavy atom. The Balaban J connectivity index is 0.00000122. The lowest BCUT2D eigenvalue weighted by Gasteiger charge is -2.44. The Bertz CT molecular complexity index is 1810. The fraction of sp³-hybridized carbons (Fsp3) is 0.343. The Hall–Kier alpha value is -4.75. The van der Waals surface area contributed by atoms with Gasteiger partial charge in [-0.1, -0.05) is 36.0 Å². The van der Waals surface area contributed by atoms with Gasteiger partial charge in [-0.15, -0.1) is 0 Å². The molecule has 2 heterocycles. The highest BCUT2D eigenvalue weighted by molar-refractivity contribution is 8.04. The van der Waals surface area contributed by atoms with Gasteiger partial charge in [-0.3, -0.25) is 24.0 Å². The number of hydrogen-bond donors (Lipinski definition) is 0. The normalized spacial score (nSPS) is 20.4. The number of benzene rings is 3. The van der Waals surface area contributed by atoms with E-state index in [-0.39, 0.29) is 12.4 Å². The predicted molar refractivity (Wildman–Crippen MR) is 184 cm³/mol. The summed E-state index contributed by atoms with van der Waals surface area (Å²) in [6, 6.07) is 21.8. The molecule has 0 unspecified atom stereocenters. The molecular weight excluding hydrogens is 763 g/mol. The van der Waals surface area contributed by atoms with Crippen LogP contribution in [-0.4, -0.2) is 74.4 Å². The van der Waals surface area contributed by atoms with E-state index in [0.29, 0.717) is 5.56 Å². The van der Waals surface area contributed by atoms with Crippen LogP contribution in [0.2, 0.25) is 0 Å². The molecule has 0 radical (unpaired) electrons. The van der Waals surface area contributed by atoms with Gasteiger partial charge < -0.3 is 50.4 Å². The molecule has 290 valence electrons. The van der Waals surface area contributed by atoms with Crippen molar-refractivity contribution >= 4 is 59.8 Å². The second kappa shape index (κ2) is 18.5. The maximum Gasteiger partial charge on any atom is 0.673 e. The molecule has 0 bridgehead atoms. The van der Waals surface area contributed by atoms with Crippen molar-refractivity contribution in [2.45, 2.75) is 96.4 Å². The van der Waals surface area contributed by atoms with Crippen LogP contribution in [0.4, 0.5) is 17.3 Å². The van der Waals surface area contributed by atoms with Crippen molar-refractivity contribution in [3.8, 4) is 5.75 Å². The first-order chi connectivity index (χ1) is 25.4. The summed E-state index contributed by atoms with van der Waals surface area (Å²) in [6.45, 7) is 5.33. The molecule has 5 rings (SSSR count). The Morgan fingerprint density at radius 3 is 1.70 bits per heavy atom. The minimum atomic E-state index is -6.00. The van der Waals surface area contributed by atoms with E-state index < -0.39 is 85.3 Å². The molecule has 0 N–H and O–H groups in total. The average Bonchev–Trinajstić information content (AvgIpc) is 3.07. The van der Waals surface area contributed by atoms with Crippen molar-refractivity contribution in [1.29, 1.82) is 0 Å². The van der Waals surface area contributed by atoms with E-state index in [2.05, 4.69) is 24.3 Å². The zero-order chi connectivity index (χ0) is 39.7. The zero-order valence-corrected chi connectivity index (χ0v) is 31.1. The molecule has 3 aromatic carbocycles. The van der Waals surface area contributed by atoms with Crippen molar-refractivity contribution in [3.63, 3.8) is 0 Å². The second-order valence-electron chi connectivity index (χ2n) is 11.5. The minimum absolute atomic E-state index is 0.168. The lowest BCUT2D eigenvalue weighted by Crippen LogP contribution is -2.63. The van der Waals surface area contributed by atoms with Crippen molar-refractivity contribution in [2.24, 2.45) is 0 Å². The van der Waals surface area contributed by atoms with Gasteiger partial charge in [0.1, 0.15) is 36.0 Å². The summed E-state index contributed by atoms with van der Waals surface area (Å²) in [4.78, 5) is 65.8. The van der Waals surface area contributed by atoms with Gasteiger partial charge in [-0.25, -0.2) is 0 Å². The third kappa shape index (κ3) is 11.9. The predicted octanol–water partition coefficient (Wildman–Crippen LogP) is 6.07. The van der Waals surface area contributed by atoms with Crippen LogP contribution < -0.4 is 4.74 Å². The summed E-state index contributed by atoms with van der Waals surface area (Å²) in [5.74, 6) is -3.22. The maximum absolute atomic E-state index is 12.3. The number of esters is 5. The van der Waals surface area contributed by atoms with Gasteiger partial charge in [0, 0.05) is 46.2 Å². The van der Waals surface area contributed by atoms with Crippen molar-refractivity contribution in [1.82, 2.24) is 0 Å². The number of fused-ring (bicyclic) bond motifs is 2. The minimum Gasteiger partial charge on any atom is -0.463 e. The molecule has 12 nitrogen and oxygen atoms in total.